The lowest BCUT2D eigenvalue weighted by atomic mass is 10.1. The van der Waals surface area contributed by atoms with Crippen molar-refractivity contribution >= 4 is 33.8 Å². The van der Waals surface area contributed by atoms with Gasteiger partial charge in [-0.25, -0.2) is 0 Å². The van der Waals surface area contributed by atoms with E-state index in [1.54, 1.807) is 0 Å². The van der Waals surface area contributed by atoms with Crippen molar-refractivity contribution in [2.75, 3.05) is 38.8 Å². The number of rotatable bonds is 8. The first-order valence-electron chi connectivity index (χ1n) is 9.73. The molecule has 1 aliphatic rings. The molecule has 0 amide bonds. The van der Waals surface area contributed by atoms with E-state index in [1.807, 2.05) is 20.2 Å². The monoisotopic (exact) mass is 445 g/mol. The molecular weight excluding hydrogens is 418 g/mol. The molecule has 1 aliphatic heterocycles. The van der Waals surface area contributed by atoms with Gasteiger partial charge in [-0.3, -0.25) is 0 Å². The van der Waals surface area contributed by atoms with Crippen molar-refractivity contribution < 1.29 is 14.2 Å². The van der Waals surface area contributed by atoms with E-state index in [0.717, 1.165) is 35.2 Å². The number of ether oxygens (including phenoxy) is 3. The highest BCUT2D eigenvalue weighted by molar-refractivity contribution is 9.10. The van der Waals surface area contributed by atoms with Crippen LogP contribution in [0.25, 0.3) is 12.2 Å². The molecule has 1 unspecified atom stereocenters. The first kappa shape index (κ1) is 20.9. The highest BCUT2D eigenvalue weighted by Gasteiger charge is 2.13. The van der Waals surface area contributed by atoms with Gasteiger partial charge in [0.1, 0.15) is 12.4 Å². The fourth-order valence-corrected chi connectivity index (χ4v) is 3.50. The third-order valence-electron chi connectivity index (χ3n) is 4.62. The molecule has 3 rings (SSSR count). The van der Waals surface area contributed by atoms with Gasteiger partial charge < -0.3 is 19.1 Å². The fourth-order valence-electron chi connectivity index (χ4n) is 2.99. The Balaban J connectivity index is 1.48. The Morgan fingerprint density at radius 1 is 1.04 bits per heavy atom. The molecule has 2 aromatic carbocycles. The van der Waals surface area contributed by atoms with Crippen LogP contribution >= 0.6 is 15.9 Å². The molecule has 1 saturated heterocycles. The second kappa shape index (κ2) is 10.6. The molecule has 0 aromatic heterocycles. The SMILES string of the molecule is CN(C)c1ccc(/C=C/c2ccc(OCCOC3CCCCO3)c(Br)c2)cc1. The summed E-state index contributed by atoms with van der Waals surface area (Å²) in [6.07, 6.45) is 7.42. The van der Waals surface area contributed by atoms with Gasteiger partial charge in [-0.2, -0.15) is 0 Å². The Hall–Kier alpha value is -1.82. The molecule has 0 saturated carbocycles. The summed E-state index contributed by atoms with van der Waals surface area (Å²) in [4.78, 5) is 2.09. The molecule has 0 bridgehead atoms. The molecule has 2 aromatic rings. The van der Waals surface area contributed by atoms with E-state index in [9.17, 15) is 0 Å². The van der Waals surface area contributed by atoms with Crippen molar-refractivity contribution in [3.8, 4) is 5.75 Å². The number of benzene rings is 2. The molecule has 0 spiro atoms. The number of hydrogen-bond acceptors (Lipinski definition) is 4. The maximum Gasteiger partial charge on any atom is 0.157 e. The van der Waals surface area contributed by atoms with Crippen LogP contribution in [0.3, 0.4) is 0 Å². The minimum absolute atomic E-state index is 0.0694. The van der Waals surface area contributed by atoms with Crippen molar-refractivity contribution in [2.45, 2.75) is 25.6 Å². The summed E-state index contributed by atoms with van der Waals surface area (Å²) in [5.74, 6) is 0.820. The zero-order chi connectivity index (χ0) is 19.8. The van der Waals surface area contributed by atoms with Crippen LogP contribution in [-0.2, 0) is 9.47 Å². The van der Waals surface area contributed by atoms with Crippen molar-refractivity contribution in [3.05, 3.63) is 58.1 Å². The number of hydrogen-bond donors (Lipinski definition) is 0. The summed E-state index contributed by atoms with van der Waals surface area (Å²) in [6.45, 7) is 1.83. The largest absolute Gasteiger partial charge is 0.490 e. The maximum absolute atomic E-state index is 5.83. The van der Waals surface area contributed by atoms with Gasteiger partial charge in [0.2, 0.25) is 0 Å². The molecule has 1 heterocycles. The Labute approximate surface area is 176 Å². The predicted octanol–water partition coefficient (Wildman–Crippen LogP) is 5.61. The predicted molar refractivity (Wildman–Crippen MR) is 119 cm³/mol. The summed E-state index contributed by atoms with van der Waals surface area (Å²) in [7, 11) is 4.09. The van der Waals surface area contributed by atoms with Gasteiger partial charge >= 0.3 is 0 Å². The molecule has 1 fully saturated rings. The molecule has 0 radical (unpaired) electrons. The molecule has 28 heavy (non-hydrogen) atoms. The van der Waals surface area contributed by atoms with E-state index in [-0.39, 0.29) is 6.29 Å². The van der Waals surface area contributed by atoms with Crippen LogP contribution in [0.15, 0.2) is 46.9 Å². The van der Waals surface area contributed by atoms with E-state index < -0.39 is 0 Å². The third-order valence-corrected chi connectivity index (χ3v) is 5.24. The van der Waals surface area contributed by atoms with Crippen LogP contribution in [0.5, 0.6) is 5.75 Å². The molecule has 0 aliphatic carbocycles. The van der Waals surface area contributed by atoms with E-state index in [2.05, 4.69) is 69.4 Å². The van der Waals surface area contributed by atoms with Crippen molar-refractivity contribution in [1.29, 1.82) is 0 Å². The Morgan fingerprint density at radius 2 is 1.79 bits per heavy atom. The van der Waals surface area contributed by atoms with Crippen LogP contribution in [0.1, 0.15) is 30.4 Å². The van der Waals surface area contributed by atoms with Gasteiger partial charge in [-0.1, -0.05) is 30.4 Å². The summed E-state index contributed by atoms with van der Waals surface area (Å²) in [5.41, 5.74) is 3.48. The van der Waals surface area contributed by atoms with Gasteiger partial charge in [0, 0.05) is 26.4 Å². The smallest absolute Gasteiger partial charge is 0.157 e. The van der Waals surface area contributed by atoms with Crippen molar-refractivity contribution in [1.82, 2.24) is 0 Å². The van der Waals surface area contributed by atoms with Gasteiger partial charge in [0.15, 0.2) is 6.29 Å². The van der Waals surface area contributed by atoms with Crippen LogP contribution < -0.4 is 9.64 Å². The summed E-state index contributed by atoms with van der Waals surface area (Å²) in [6, 6.07) is 14.6. The average Bonchev–Trinajstić information content (AvgIpc) is 2.72. The lowest BCUT2D eigenvalue weighted by Crippen LogP contribution is -2.24. The zero-order valence-electron chi connectivity index (χ0n) is 16.6. The highest BCUT2D eigenvalue weighted by Crippen LogP contribution is 2.27. The number of anilines is 1. The normalized spacial score (nSPS) is 17.0. The molecule has 150 valence electrons. The minimum atomic E-state index is -0.0694. The van der Waals surface area contributed by atoms with Crippen LogP contribution in [0, 0.1) is 0 Å². The third kappa shape index (κ3) is 6.36. The highest BCUT2D eigenvalue weighted by atomic mass is 79.9. The van der Waals surface area contributed by atoms with Gasteiger partial charge in [0.25, 0.3) is 0 Å². The van der Waals surface area contributed by atoms with Crippen molar-refractivity contribution in [3.63, 3.8) is 0 Å². The molecule has 5 heteroatoms. The van der Waals surface area contributed by atoms with Crippen LogP contribution in [-0.4, -0.2) is 40.2 Å². The fraction of sp³-hybridized carbons (Fsp3) is 0.391. The van der Waals surface area contributed by atoms with Gasteiger partial charge in [-0.15, -0.1) is 0 Å². The Kier molecular flexibility index (Phi) is 7.95. The van der Waals surface area contributed by atoms with E-state index in [0.29, 0.717) is 13.2 Å². The molecule has 4 nitrogen and oxygen atoms in total. The molecular formula is C23H28BrNO3. The first-order valence-corrected chi connectivity index (χ1v) is 10.5. The Morgan fingerprint density at radius 3 is 2.46 bits per heavy atom. The molecule has 1 atom stereocenters. The standard InChI is InChI=1S/C23H28BrNO3/c1-25(2)20-11-8-18(9-12-20)6-7-19-10-13-22(21(24)17-19)26-15-16-28-23-5-3-4-14-27-23/h6-13,17,23H,3-5,14-16H2,1-2H3/b7-6+. The van der Waals surface area contributed by atoms with Crippen molar-refractivity contribution in [2.24, 2.45) is 0 Å². The lowest BCUT2D eigenvalue weighted by Gasteiger charge is -2.22. The summed E-state index contributed by atoms with van der Waals surface area (Å²) >= 11 is 3.60. The summed E-state index contributed by atoms with van der Waals surface area (Å²) in [5, 5.41) is 0. The summed E-state index contributed by atoms with van der Waals surface area (Å²) < 4.78 is 18.0. The number of halogens is 1. The quantitative estimate of drug-likeness (QED) is 0.390. The topological polar surface area (TPSA) is 30.9 Å². The van der Waals surface area contributed by atoms with Gasteiger partial charge in [0.05, 0.1) is 11.1 Å². The zero-order valence-corrected chi connectivity index (χ0v) is 18.2. The second-order valence-electron chi connectivity index (χ2n) is 7.02. The maximum atomic E-state index is 5.83. The lowest BCUT2D eigenvalue weighted by molar-refractivity contribution is -0.165. The van der Waals surface area contributed by atoms with E-state index >= 15 is 0 Å². The second-order valence-corrected chi connectivity index (χ2v) is 7.88. The Bertz CT molecular complexity index is 768. The van der Waals surface area contributed by atoms with E-state index in [1.165, 1.54) is 17.7 Å². The van der Waals surface area contributed by atoms with Crippen LogP contribution in [0.4, 0.5) is 5.69 Å². The number of nitrogens with zero attached hydrogens (tertiary/aromatic N) is 1. The van der Waals surface area contributed by atoms with E-state index in [4.69, 9.17) is 14.2 Å². The van der Waals surface area contributed by atoms with Crippen LogP contribution in [0.2, 0.25) is 0 Å². The molecule has 0 N–H and O–H groups in total. The minimum Gasteiger partial charge on any atom is -0.490 e. The van der Waals surface area contributed by atoms with Gasteiger partial charge in [-0.05, 0) is 70.6 Å². The average molecular weight is 446 g/mol. The first-order chi connectivity index (χ1) is 13.6.